The highest BCUT2D eigenvalue weighted by molar-refractivity contribution is 14.0. The van der Waals surface area contributed by atoms with Gasteiger partial charge in [-0.2, -0.15) is 0 Å². The number of rotatable bonds is 9. The first-order chi connectivity index (χ1) is 13.4. The molecule has 166 valence electrons. The Morgan fingerprint density at radius 2 is 1.86 bits per heavy atom. The van der Waals surface area contributed by atoms with Crippen LogP contribution in [0.15, 0.2) is 29.3 Å². The van der Waals surface area contributed by atoms with Crippen LogP contribution in [0.5, 0.6) is 0 Å². The van der Waals surface area contributed by atoms with Crippen LogP contribution in [0.4, 0.5) is 10.1 Å². The minimum absolute atomic E-state index is 0. The molecule has 0 atom stereocenters. The van der Waals surface area contributed by atoms with Crippen LogP contribution >= 0.6 is 24.0 Å². The van der Waals surface area contributed by atoms with Crippen LogP contribution in [0.3, 0.4) is 0 Å². The van der Waals surface area contributed by atoms with Crippen molar-refractivity contribution < 1.29 is 9.13 Å². The van der Waals surface area contributed by atoms with Gasteiger partial charge in [0.05, 0.1) is 17.8 Å². The number of benzene rings is 1. The molecule has 0 spiro atoms. The molecule has 1 aliphatic rings. The Bertz CT molecular complexity index is 621. The highest BCUT2D eigenvalue weighted by Crippen LogP contribution is 2.20. The van der Waals surface area contributed by atoms with Gasteiger partial charge in [-0.15, -0.1) is 24.0 Å². The molecule has 0 bridgehead atoms. The molecule has 1 aliphatic heterocycles. The predicted molar refractivity (Wildman–Crippen MR) is 130 cm³/mol. The number of methoxy groups -OCH3 is 1. The summed E-state index contributed by atoms with van der Waals surface area (Å²) in [5.41, 5.74) is 0.453. The standard InChI is InChI=1S/C21H36FN5O.HI/c1-5-23-20(25-17-21(2,3)28-4)24-11-8-12-26-13-15-27(16-14-26)19-10-7-6-9-18(19)22;/h6-7,9-10H,5,8,11-17H2,1-4H3,(H2,23,24,25);1H. The molecular formula is C21H37FIN5O. The van der Waals surface area contributed by atoms with Gasteiger partial charge in [0.25, 0.3) is 0 Å². The third-order valence-electron chi connectivity index (χ3n) is 5.02. The average Bonchev–Trinajstić information content (AvgIpc) is 2.70. The van der Waals surface area contributed by atoms with Gasteiger partial charge < -0.3 is 20.3 Å². The van der Waals surface area contributed by atoms with E-state index in [4.69, 9.17) is 4.74 Å². The van der Waals surface area contributed by atoms with E-state index in [1.54, 1.807) is 13.2 Å². The van der Waals surface area contributed by atoms with Crippen molar-refractivity contribution in [3.05, 3.63) is 30.1 Å². The zero-order chi connectivity index (χ0) is 20.4. The van der Waals surface area contributed by atoms with Crippen LogP contribution in [-0.4, -0.2) is 75.9 Å². The van der Waals surface area contributed by atoms with E-state index in [0.29, 0.717) is 12.2 Å². The molecule has 1 heterocycles. The molecule has 0 aliphatic carbocycles. The normalized spacial score (nSPS) is 15.8. The number of anilines is 1. The molecule has 0 amide bonds. The number of hydrogen-bond donors (Lipinski definition) is 2. The molecule has 1 aromatic carbocycles. The Hall–Kier alpha value is -1.13. The Labute approximate surface area is 192 Å². The molecule has 6 nitrogen and oxygen atoms in total. The summed E-state index contributed by atoms with van der Waals surface area (Å²) in [5.74, 6) is 0.698. The van der Waals surface area contributed by atoms with Crippen molar-refractivity contribution >= 4 is 35.6 Å². The maximum Gasteiger partial charge on any atom is 0.191 e. The fourth-order valence-corrected chi connectivity index (χ4v) is 3.11. The van der Waals surface area contributed by atoms with Crippen LogP contribution in [0.2, 0.25) is 0 Å². The Balaban J connectivity index is 0.00000420. The van der Waals surface area contributed by atoms with E-state index in [-0.39, 0.29) is 35.4 Å². The van der Waals surface area contributed by atoms with Gasteiger partial charge in [0.1, 0.15) is 5.82 Å². The first-order valence-corrected chi connectivity index (χ1v) is 10.2. The third-order valence-corrected chi connectivity index (χ3v) is 5.02. The molecule has 0 unspecified atom stereocenters. The Kier molecular flexibility index (Phi) is 11.8. The van der Waals surface area contributed by atoms with E-state index in [9.17, 15) is 4.39 Å². The molecule has 0 aromatic heterocycles. The van der Waals surface area contributed by atoms with Crippen molar-refractivity contribution in [1.29, 1.82) is 0 Å². The molecule has 2 rings (SSSR count). The number of piperazine rings is 1. The van der Waals surface area contributed by atoms with Gasteiger partial charge in [0, 0.05) is 46.4 Å². The van der Waals surface area contributed by atoms with Crippen molar-refractivity contribution in [3.63, 3.8) is 0 Å². The lowest BCUT2D eigenvalue weighted by Gasteiger charge is -2.36. The summed E-state index contributed by atoms with van der Waals surface area (Å²) >= 11 is 0. The van der Waals surface area contributed by atoms with Gasteiger partial charge in [0.2, 0.25) is 0 Å². The van der Waals surface area contributed by atoms with E-state index < -0.39 is 0 Å². The van der Waals surface area contributed by atoms with Crippen LogP contribution in [-0.2, 0) is 4.74 Å². The van der Waals surface area contributed by atoms with E-state index >= 15 is 0 Å². The van der Waals surface area contributed by atoms with Crippen molar-refractivity contribution in [1.82, 2.24) is 15.5 Å². The largest absolute Gasteiger partial charge is 0.377 e. The maximum atomic E-state index is 13.9. The Morgan fingerprint density at radius 3 is 2.48 bits per heavy atom. The SMILES string of the molecule is CCNC(=NCC(C)(C)OC)NCCCN1CCN(c2ccccc2F)CC1.I. The minimum Gasteiger partial charge on any atom is -0.377 e. The lowest BCUT2D eigenvalue weighted by atomic mass is 10.1. The first-order valence-electron chi connectivity index (χ1n) is 10.2. The van der Waals surface area contributed by atoms with Gasteiger partial charge in [0.15, 0.2) is 5.96 Å². The third kappa shape index (κ3) is 9.04. The topological polar surface area (TPSA) is 52.1 Å². The second-order valence-corrected chi connectivity index (χ2v) is 7.72. The number of aliphatic imine (C=N–C) groups is 1. The summed E-state index contributed by atoms with van der Waals surface area (Å²) in [7, 11) is 1.71. The molecule has 0 saturated carbocycles. The van der Waals surface area contributed by atoms with Crippen LogP contribution < -0.4 is 15.5 Å². The first kappa shape index (κ1) is 25.9. The smallest absolute Gasteiger partial charge is 0.191 e. The summed E-state index contributed by atoms with van der Waals surface area (Å²) in [6, 6.07) is 7.03. The Morgan fingerprint density at radius 1 is 1.17 bits per heavy atom. The zero-order valence-electron chi connectivity index (χ0n) is 18.2. The minimum atomic E-state index is -0.264. The maximum absolute atomic E-state index is 13.9. The van der Waals surface area contributed by atoms with E-state index in [1.807, 2.05) is 26.0 Å². The summed E-state index contributed by atoms with van der Waals surface area (Å²) in [6.45, 7) is 13.1. The number of para-hydroxylation sites is 1. The molecule has 1 saturated heterocycles. The van der Waals surface area contributed by atoms with E-state index in [2.05, 4.69) is 32.3 Å². The monoisotopic (exact) mass is 521 g/mol. The molecule has 1 fully saturated rings. The van der Waals surface area contributed by atoms with Crippen molar-refractivity contribution in [2.75, 3.05) is 64.4 Å². The second kappa shape index (κ2) is 13.2. The molecule has 29 heavy (non-hydrogen) atoms. The highest BCUT2D eigenvalue weighted by Gasteiger charge is 2.19. The fraction of sp³-hybridized carbons (Fsp3) is 0.667. The van der Waals surface area contributed by atoms with E-state index in [1.165, 1.54) is 6.07 Å². The zero-order valence-corrected chi connectivity index (χ0v) is 20.5. The van der Waals surface area contributed by atoms with Gasteiger partial charge >= 0.3 is 0 Å². The van der Waals surface area contributed by atoms with E-state index in [0.717, 1.165) is 58.2 Å². The fourth-order valence-electron chi connectivity index (χ4n) is 3.11. The average molecular weight is 521 g/mol. The quantitative estimate of drug-likeness (QED) is 0.227. The number of ether oxygens (including phenoxy) is 1. The summed E-state index contributed by atoms with van der Waals surface area (Å²) in [6.07, 6.45) is 1.04. The van der Waals surface area contributed by atoms with Crippen LogP contribution in [0.1, 0.15) is 27.2 Å². The van der Waals surface area contributed by atoms with Gasteiger partial charge in [-0.05, 0) is 45.9 Å². The van der Waals surface area contributed by atoms with Gasteiger partial charge in [-0.25, -0.2) is 4.39 Å². The molecule has 2 N–H and O–H groups in total. The number of halogens is 2. The van der Waals surface area contributed by atoms with Crippen LogP contribution in [0.25, 0.3) is 0 Å². The summed E-state index contributed by atoms with van der Waals surface area (Å²) in [4.78, 5) is 9.18. The van der Waals surface area contributed by atoms with Crippen molar-refractivity contribution in [3.8, 4) is 0 Å². The lowest BCUT2D eigenvalue weighted by molar-refractivity contribution is 0.0310. The highest BCUT2D eigenvalue weighted by atomic mass is 127. The summed E-state index contributed by atoms with van der Waals surface area (Å²) in [5, 5.41) is 6.67. The molecule has 8 heteroatoms. The molecular weight excluding hydrogens is 484 g/mol. The molecule has 0 radical (unpaired) electrons. The number of nitrogens with zero attached hydrogens (tertiary/aromatic N) is 3. The number of nitrogens with one attached hydrogen (secondary N) is 2. The van der Waals surface area contributed by atoms with Crippen molar-refractivity contribution in [2.24, 2.45) is 4.99 Å². The predicted octanol–water partition coefficient (Wildman–Crippen LogP) is 2.94. The second-order valence-electron chi connectivity index (χ2n) is 7.72. The summed E-state index contributed by atoms with van der Waals surface area (Å²) < 4.78 is 19.4. The van der Waals surface area contributed by atoms with Crippen molar-refractivity contribution in [2.45, 2.75) is 32.8 Å². The molecule has 1 aromatic rings. The van der Waals surface area contributed by atoms with Crippen LogP contribution in [0, 0.1) is 5.82 Å². The van der Waals surface area contributed by atoms with Gasteiger partial charge in [-0.1, -0.05) is 12.1 Å². The van der Waals surface area contributed by atoms with Gasteiger partial charge in [-0.3, -0.25) is 9.89 Å². The number of guanidine groups is 1. The lowest BCUT2D eigenvalue weighted by Crippen LogP contribution is -2.47. The number of hydrogen-bond acceptors (Lipinski definition) is 4.